The van der Waals surface area contributed by atoms with E-state index in [-0.39, 0.29) is 29.7 Å². The number of hydrogen-bond donors (Lipinski definition) is 1. The molecule has 2 aliphatic heterocycles. The van der Waals surface area contributed by atoms with Crippen LogP contribution in [0, 0.1) is 5.92 Å². The van der Waals surface area contributed by atoms with Crippen LogP contribution in [0.1, 0.15) is 23.5 Å². The summed E-state index contributed by atoms with van der Waals surface area (Å²) in [5.74, 6) is 0.396. The first-order chi connectivity index (χ1) is 12.6. The summed E-state index contributed by atoms with van der Waals surface area (Å²) >= 11 is 0. The minimum absolute atomic E-state index is 0.158. The Kier molecular flexibility index (Phi) is 4.33. The maximum Gasteiger partial charge on any atom is 0.293 e. The van der Waals surface area contributed by atoms with Crippen LogP contribution in [-0.4, -0.2) is 66.7 Å². The van der Waals surface area contributed by atoms with Crippen LogP contribution < -0.4 is 5.32 Å². The lowest BCUT2D eigenvalue weighted by Crippen LogP contribution is -2.45. The number of hydrogen-bond acceptors (Lipinski definition) is 7. The van der Waals surface area contributed by atoms with Crippen LogP contribution in [0.4, 0.5) is 5.82 Å². The number of anilines is 1. The van der Waals surface area contributed by atoms with Crippen molar-refractivity contribution in [3.05, 3.63) is 30.7 Å². The third kappa shape index (κ3) is 3.27. The number of rotatable bonds is 3. The van der Waals surface area contributed by atoms with E-state index in [2.05, 4.69) is 25.4 Å². The van der Waals surface area contributed by atoms with Gasteiger partial charge in [0.05, 0.1) is 12.3 Å². The van der Waals surface area contributed by atoms with Gasteiger partial charge in [-0.1, -0.05) is 0 Å². The normalized spacial score (nSPS) is 25.0. The Morgan fingerprint density at radius 1 is 1.31 bits per heavy atom. The van der Waals surface area contributed by atoms with Crippen molar-refractivity contribution >= 4 is 17.6 Å². The van der Waals surface area contributed by atoms with E-state index in [1.54, 1.807) is 18.1 Å². The van der Waals surface area contributed by atoms with Crippen molar-refractivity contribution in [1.82, 2.24) is 29.6 Å². The van der Waals surface area contributed by atoms with Gasteiger partial charge < -0.3 is 15.0 Å². The van der Waals surface area contributed by atoms with E-state index in [1.165, 1.54) is 23.4 Å². The highest BCUT2D eigenvalue weighted by molar-refractivity contribution is 5.93. The minimum atomic E-state index is -0.546. The summed E-state index contributed by atoms with van der Waals surface area (Å²) in [4.78, 5) is 38.5. The highest BCUT2D eigenvalue weighted by atomic mass is 16.5. The van der Waals surface area contributed by atoms with Gasteiger partial charge in [0.2, 0.25) is 5.82 Å². The first-order valence-electron chi connectivity index (χ1n) is 8.47. The summed E-state index contributed by atoms with van der Waals surface area (Å²) in [7, 11) is 1.72. The summed E-state index contributed by atoms with van der Waals surface area (Å²) in [6.45, 7) is 1.05. The quantitative estimate of drug-likeness (QED) is 0.813. The average molecular weight is 357 g/mol. The van der Waals surface area contributed by atoms with E-state index in [9.17, 15) is 9.59 Å². The second kappa shape index (κ2) is 6.79. The van der Waals surface area contributed by atoms with Gasteiger partial charge in [0.25, 0.3) is 11.8 Å². The average Bonchev–Trinajstić information content (AvgIpc) is 3.27. The molecule has 26 heavy (non-hydrogen) atoms. The number of fused-ring (bicyclic) bond motifs is 1. The molecule has 2 aromatic heterocycles. The lowest BCUT2D eigenvalue weighted by Gasteiger charge is -2.33. The second-order valence-corrected chi connectivity index (χ2v) is 6.52. The molecule has 1 N–H and O–H groups in total. The van der Waals surface area contributed by atoms with Crippen LogP contribution in [0.3, 0.4) is 0 Å². The fourth-order valence-corrected chi connectivity index (χ4v) is 3.43. The highest BCUT2D eigenvalue weighted by Crippen LogP contribution is 2.34. The van der Waals surface area contributed by atoms with Crippen molar-refractivity contribution in [2.24, 2.45) is 13.0 Å². The van der Waals surface area contributed by atoms with Gasteiger partial charge in [-0.15, -0.1) is 5.10 Å². The van der Waals surface area contributed by atoms with Crippen LogP contribution in [-0.2, 0) is 16.6 Å². The Morgan fingerprint density at radius 3 is 2.92 bits per heavy atom. The number of likely N-dealkylation sites (tertiary alicyclic amines) is 1. The molecule has 0 saturated carbocycles. The molecule has 136 valence electrons. The number of nitrogens with one attached hydrogen (secondary N) is 1. The van der Waals surface area contributed by atoms with Gasteiger partial charge in [-0.2, -0.15) is 0 Å². The second-order valence-electron chi connectivity index (χ2n) is 6.52. The van der Waals surface area contributed by atoms with Crippen molar-refractivity contribution in [1.29, 1.82) is 0 Å². The zero-order valence-corrected chi connectivity index (χ0v) is 14.3. The van der Waals surface area contributed by atoms with E-state index in [0.717, 1.165) is 6.42 Å². The number of ether oxygens (including phenoxy) is 1. The van der Waals surface area contributed by atoms with Gasteiger partial charge in [-0.25, -0.2) is 9.97 Å². The number of nitrogens with zero attached hydrogens (tertiary/aromatic N) is 6. The zero-order chi connectivity index (χ0) is 18.1. The van der Waals surface area contributed by atoms with Gasteiger partial charge >= 0.3 is 0 Å². The molecule has 0 radical (unpaired) electrons. The molecule has 4 heterocycles. The Hall–Kier alpha value is -2.88. The Balaban J connectivity index is 1.37. The molecular weight excluding hydrogens is 338 g/mol. The lowest BCUT2D eigenvalue weighted by atomic mass is 9.91. The van der Waals surface area contributed by atoms with Crippen molar-refractivity contribution in [3.8, 4) is 0 Å². The number of piperidine rings is 1. The van der Waals surface area contributed by atoms with Gasteiger partial charge in [0, 0.05) is 32.5 Å². The van der Waals surface area contributed by atoms with Crippen LogP contribution >= 0.6 is 0 Å². The van der Waals surface area contributed by atoms with Gasteiger partial charge in [-0.3, -0.25) is 19.3 Å². The summed E-state index contributed by atoms with van der Waals surface area (Å²) < 4.78 is 7.42. The molecule has 3 atom stereocenters. The lowest BCUT2D eigenvalue weighted by molar-refractivity contribution is -0.127. The van der Waals surface area contributed by atoms with Crippen LogP contribution in [0.25, 0.3) is 0 Å². The zero-order valence-electron chi connectivity index (χ0n) is 14.3. The molecular formula is C16H19N7O3. The number of amides is 2. The number of carbonyl (C=O) groups is 2. The largest absolute Gasteiger partial charge is 0.363 e. The molecule has 2 saturated heterocycles. The number of aryl methyl sites for hydroxylation is 1. The van der Waals surface area contributed by atoms with Gasteiger partial charge in [-0.05, 0) is 18.8 Å². The van der Waals surface area contributed by atoms with Crippen LogP contribution in [0.2, 0.25) is 0 Å². The molecule has 2 aromatic rings. The topological polar surface area (TPSA) is 115 Å². The first-order valence-corrected chi connectivity index (χ1v) is 8.47. The Labute approximate surface area is 149 Å². The van der Waals surface area contributed by atoms with E-state index in [1.807, 2.05) is 0 Å². The maximum atomic E-state index is 12.5. The molecule has 0 aromatic carbocycles. The predicted molar refractivity (Wildman–Crippen MR) is 89.0 cm³/mol. The Morgan fingerprint density at radius 2 is 2.19 bits per heavy atom. The molecule has 0 aliphatic carbocycles. The third-order valence-electron chi connectivity index (χ3n) is 4.74. The van der Waals surface area contributed by atoms with E-state index >= 15 is 0 Å². The minimum Gasteiger partial charge on any atom is -0.363 e. The highest BCUT2D eigenvalue weighted by Gasteiger charge is 2.43. The smallest absolute Gasteiger partial charge is 0.293 e. The molecule has 2 aliphatic rings. The Bertz CT molecular complexity index is 809. The van der Waals surface area contributed by atoms with Gasteiger partial charge in [0.1, 0.15) is 12.4 Å². The van der Waals surface area contributed by atoms with Crippen molar-refractivity contribution in [3.63, 3.8) is 0 Å². The van der Waals surface area contributed by atoms with Gasteiger partial charge in [0.15, 0.2) is 5.82 Å². The fraction of sp³-hybridized carbons (Fsp3) is 0.500. The molecule has 2 amide bonds. The van der Waals surface area contributed by atoms with Crippen LogP contribution in [0.15, 0.2) is 24.9 Å². The molecule has 4 rings (SSSR count). The molecule has 10 nitrogen and oxygen atoms in total. The molecule has 0 unspecified atom stereocenters. The van der Waals surface area contributed by atoms with Crippen molar-refractivity contribution in [2.45, 2.75) is 25.0 Å². The monoisotopic (exact) mass is 357 g/mol. The van der Waals surface area contributed by atoms with E-state index < -0.39 is 6.10 Å². The SMILES string of the molecule is Cn1cnc(C(=O)N2CC[C@H]3C[C@@H](C(=O)Nc4cnccn4)O[C@@H]3C2)n1. The molecule has 2 fully saturated rings. The van der Waals surface area contributed by atoms with E-state index in [0.29, 0.717) is 25.3 Å². The maximum absolute atomic E-state index is 12.5. The predicted octanol–water partition coefficient (Wildman–Crippen LogP) is -0.137. The third-order valence-corrected chi connectivity index (χ3v) is 4.74. The first kappa shape index (κ1) is 16.6. The van der Waals surface area contributed by atoms with E-state index in [4.69, 9.17) is 4.74 Å². The standard InChI is InChI=1S/C16H19N7O3/c1-22-9-19-14(21-22)16(25)23-5-2-10-6-11(26-12(10)8-23)15(24)20-13-7-17-3-4-18-13/h3-4,7,9-12H,2,5-6,8H2,1H3,(H,18,20,24)/t10-,11-,12+/m0/s1. The summed E-state index contributed by atoms with van der Waals surface area (Å²) in [6.07, 6.45) is 6.76. The van der Waals surface area contributed by atoms with Crippen LogP contribution in [0.5, 0.6) is 0 Å². The molecule has 0 bridgehead atoms. The summed E-state index contributed by atoms with van der Waals surface area (Å²) in [5, 5.41) is 6.77. The van der Waals surface area contributed by atoms with Crippen molar-refractivity contribution in [2.75, 3.05) is 18.4 Å². The summed E-state index contributed by atoms with van der Waals surface area (Å²) in [5.41, 5.74) is 0. The molecule has 10 heteroatoms. The summed E-state index contributed by atoms with van der Waals surface area (Å²) in [6, 6.07) is 0. The number of aromatic nitrogens is 5. The molecule has 0 spiro atoms. The fourth-order valence-electron chi connectivity index (χ4n) is 3.43. The number of carbonyl (C=O) groups excluding carboxylic acids is 2. The van der Waals surface area contributed by atoms with Crippen molar-refractivity contribution < 1.29 is 14.3 Å².